The van der Waals surface area contributed by atoms with E-state index in [1.54, 1.807) is 0 Å². The summed E-state index contributed by atoms with van der Waals surface area (Å²) in [6.07, 6.45) is 16.5. The van der Waals surface area contributed by atoms with Crippen molar-refractivity contribution < 1.29 is 10.2 Å². The lowest BCUT2D eigenvalue weighted by Gasteiger charge is -2.41. The van der Waals surface area contributed by atoms with Gasteiger partial charge < -0.3 is 10.2 Å². The molecule has 2 unspecified atom stereocenters. The molecule has 0 aliphatic carbocycles. The van der Waals surface area contributed by atoms with Gasteiger partial charge >= 0.3 is 0 Å². The molecule has 0 heterocycles. The Morgan fingerprint density at radius 2 is 1.08 bits per heavy atom. The lowest BCUT2D eigenvalue weighted by atomic mass is 9.67. The van der Waals surface area contributed by atoms with E-state index in [1.807, 2.05) is 0 Å². The first-order chi connectivity index (χ1) is 12.5. The molecule has 0 saturated heterocycles. The minimum atomic E-state index is -1.17. The number of rotatable bonds is 18. The van der Waals surface area contributed by atoms with E-state index in [9.17, 15) is 10.2 Å². The van der Waals surface area contributed by atoms with Gasteiger partial charge in [0.15, 0.2) is 6.29 Å². The molecule has 2 atom stereocenters. The highest BCUT2D eigenvalue weighted by atomic mass is 16.5. The van der Waals surface area contributed by atoms with Gasteiger partial charge in [0.25, 0.3) is 0 Å². The Morgan fingerprint density at radius 1 is 0.615 bits per heavy atom. The van der Waals surface area contributed by atoms with Crippen LogP contribution in [0.25, 0.3) is 0 Å². The molecule has 0 spiro atoms. The third-order valence-corrected chi connectivity index (χ3v) is 6.55. The van der Waals surface area contributed by atoms with Crippen LogP contribution in [0.1, 0.15) is 131 Å². The second-order valence-corrected chi connectivity index (χ2v) is 8.79. The van der Waals surface area contributed by atoms with Crippen LogP contribution in [-0.2, 0) is 0 Å². The van der Waals surface area contributed by atoms with Crippen LogP contribution in [0.5, 0.6) is 0 Å². The Hall–Kier alpha value is -0.0800. The Kier molecular flexibility index (Phi) is 15.9. The van der Waals surface area contributed by atoms with Crippen LogP contribution < -0.4 is 0 Å². The third-order valence-electron chi connectivity index (χ3n) is 6.55. The fourth-order valence-corrected chi connectivity index (χ4v) is 4.57. The smallest absolute Gasteiger partial charge is 0.157 e. The standard InChI is InChI=1S/C24H50O2/c1-6-11-14-15-18-24(23(25)26,19-21(9-4)16-12-7-2)20-22(10-5)17-13-8-3/h21-23,25-26H,6-20H2,1-5H3. The van der Waals surface area contributed by atoms with Gasteiger partial charge in [-0.25, -0.2) is 0 Å². The molecule has 2 heteroatoms. The fraction of sp³-hybridized carbons (Fsp3) is 1.00. The van der Waals surface area contributed by atoms with Gasteiger partial charge in [-0.2, -0.15) is 0 Å². The van der Waals surface area contributed by atoms with Crippen molar-refractivity contribution in [3.8, 4) is 0 Å². The molecular weight excluding hydrogens is 320 g/mol. The number of aliphatic hydroxyl groups is 2. The maximum Gasteiger partial charge on any atom is 0.157 e. The van der Waals surface area contributed by atoms with Crippen molar-refractivity contribution in [1.82, 2.24) is 0 Å². The molecule has 0 saturated carbocycles. The molecule has 0 aromatic carbocycles. The van der Waals surface area contributed by atoms with E-state index in [0.717, 1.165) is 38.5 Å². The van der Waals surface area contributed by atoms with Gasteiger partial charge in [0.05, 0.1) is 0 Å². The molecule has 0 aromatic rings. The average Bonchev–Trinajstić information content (AvgIpc) is 2.64. The van der Waals surface area contributed by atoms with E-state index in [1.165, 1.54) is 57.8 Å². The summed E-state index contributed by atoms with van der Waals surface area (Å²) in [5.74, 6) is 1.26. The number of hydrogen-bond donors (Lipinski definition) is 2. The lowest BCUT2D eigenvalue weighted by Crippen LogP contribution is -2.39. The van der Waals surface area contributed by atoms with E-state index in [0.29, 0.717) is 11.8 Å². The highest BCUT2D eigenvalue weighted by Gasteiger charge is 2.39. The van der Waals surface area contributed by atoms with Crippen molar-refractivity contribution in [3.05, 3.63) is 0 Å². The molecule has 0 aliphatic rings. The minimum absolute atomic E-state index is 0.295. The molecule has 0 radical (unpaired) electrons. The van der Waals surface area contributed by atoms with E-state index in [2.05, 4.69) is 34.6 Å². The molecule has 2 N–H and O–H groups in total. The summed E-state index contributed by atoms with van der Waals surface area (Å²) in [5, 5.41) is 21.0. The van der Waals surface area contributed by atoms with E-state index < -0.39 is 6.29 Å². The first-order valence-corrected chi connectivity index (χ1v) is 11.9. The van der Waals surface area contributed by atoms with Crippen molar-refractivity contribution in [1.29, 1.82) is 0 Å². The van der Waals surface area contributed by atoms with Crippen molar-refractivity contribution in [2.24, 2.45) is 17.3 Å². The first kappa shape index (κ1) is 25.9. The van der Waals surface area contributed by atoms with Gasteiger partial charge in [-0.3, -0.25) is 0 Å². The largest absolute Gasteiger partial charge is 0.368 e. The van der Waals surface area contributed by atoms with Crippen molar-refractivity contribution in [2.45, 2.75) is 137 Å². The quantitative estimate of drug-likeness (QED) is 0.194. The Labute approximate surface area is 165 Å². The summed E-state index contributed by atoms with van der Waals surface area (Å²) in [6.45, 7) is 11.3. The predicted octanol–water partition coefficient (Wildman–Crippen LogP) is 7.47. The van der Waals surface area contributed by atoms with Gasteiger partial charge in [-0.05, 0) is 31.1 Å². The number of unbranched alkanes of at least 4 members (excludes halogenated alkanes) is 5. The van der Waals surface area contributed by atoms with Crippen LogP contribution in [0.4, 0.5) is 0 Å². The maximum absolute atomic E-state index is 10.5. The van der Waals surface area contributed by atoms with Gasteiger partial charge in [0.2, 0.25) is 0 Å². The van der Waals surface area contributed by atoms with Gasteiger partial charge in [-0.1, -0.05) is 112 Å². The zero-order chi connectivity index (χ0) is 19.8. The van der Waals surface area contributed by atoms with Crippen LogP contribution in [0.3, 0.4) is 0 Å². The van der Waals surface area contributed by atoms with Crippen molar-refractivity contribution in [3.63, 3.8) is 0 Å². The van der Waals surface area contributed by atoms with E-state index in [4.69, 9.17) is 0 Å². The van der Waals surface area contributed by atoms with Gasteiger partial charge in [-0.15, -0.1) is 0 Å². The second kappa shape index (κ2) is 15.9. The highest BCUT2D eigenvalue weighted by Crippen LogP contribution is 2.44. The van der Waals surface area contributed by atoms with Crippen LogP contribution in [0.15, 0.2) is 0 Å². The van der Waals surface area contributed by atoms with E-state index in [-0.39, 0.29) is 5.41 Å². The molecule has 0 bridgehead atoms. The normalized spacial score (nSPS) is 16.6. The third kappa shape index (κ3) is 10.3. The van der Waals surface area contributed by atoms with Gasteiger partial charge in [0, 0.05) is 5.41 Å². The number of hydrogen-bond acceptors (Lipinski definition) is 2. The Bertz CT molecular complexity index is 283. The van der Waals surface area contributed by atoms with Crippen LogP contribution in [0.2, 0.25) is 0 Å². The summed E-state index contributed by atoms with van der Waals surface area (Å²) >= 11 is 0. The molecular formula is C24H50O2. The maximum atomic E-state index is 10.5. The molecule has 0 fully saturated rings. The van der Waals surface area contributed by atoms with Crippen molar-refractivity contribution in [2.75, 3.05) is 0 Å². The van der Waals surface area contributed by atoms with Crippen LogP contribution >= 0.6 is 0 Å². The van der Waals surface area contributed by atoms with Crippen molar-refractivity contribution >= 4 is 0 Å². The highest BCUT2D eigenvalue weighted by molar-refractivity contribution is 4.86. The number of aliphatic hydroxyl groups excluding tert-OH is 1. The molecule has 2 nitrogen and oxygen atoms in total. The lowest BCUT2D eigenvalue weighted by molar-refractivity contribution is -0.157. The summed E-state index contributed by atoms with van der Waals surface area (Å²) in [6, 6.07) is 0. The SMILES string of the molecule is CCCCCCC(CC(CC)CCCC)(CC(CC)CCCC)C(O)O. The topological polar surface area (TPSA) is 40.5 Å². The summed E-state index contributed by atoms with van der Waals surface area (Å²) < 4.78 is 0. The fourth-order valence-electron chi connectivity index (χ4n) is 4.57. The first-order valence-electron chi connectivity index (χ1n) is 11.9. The monoisotopic (exact) mass is 370 g/mol. The van der Waals surface area contributed by atoms with Gasteiger partial charge in [0.1, 0.15) is 0 Å². The van der Waals surface area contributed by atoms with Crippen LogP contribution in [-0.4, -0.2) is 16.5 Å². The molecule has 158 valence electrons. The summed E-state index contributed by atoms with van der Waals surface area (Å²) in [4.78, 5) is 0. The van der Waals surface area contributed by atoms with Crippen LogP contribution in [0, 0.1) is 17.3 Å². The zero-order valence-electron chi connectivity index (χ0n) is 18.7. The Balaban J connectivity index is 5.24. The summed E-state index contributed by atoms with van der Waals surface area (Å²) in [5.41, 5.74) is -0.295. The molecule has 26 heavy (non-hydrogen) atoms. The molecule has 0 aromatic heterocycles. The Morgan fingerprint density at radius 3 is 1.42 bits per heavy atom. The molecule has 0 amide bonds. The summed E-state index contributed by atoms with van der Waals surface area (Å²) in [7, 11) is 0. The zero-order valence-corrected chi connectivity index (χ0v) is 18.7. The predicted molar refractivity (Wildman–Crippen MR) is 115 cm³/mol. The van der Waals surface area contributed by atoms with E-state index >= 15 is 0 Å². The second-order valence-electron chi connectivity index (χ2n) is 8.79. The molecule has 0 aliphatic heterocycles. The molecule has 0 rings (SSSR count). The minimum Gasteiger partial charge on any atom is -0.368 e. The average molecular weight is 371 g/mol.